The number of hydrogen-bond acceptors (Lipinski definition) is 4. The van der Waals surface area contributed by atoms with Crippen LogP contribution >= 0.6 is 0 Å². The monoisotopic (exact) mass is 330 g/mol. The molecular weight excluding hydrogens is 304 g/mol. The summed E-state index contributed by atoms with van der Waals surface area (Å²) in [7, 11) is 0. The number of hydrogen-bond donors (Lipinski definition) is 2. The molecule has 1 amide bonds. The molecule has 1 unspecified atom stereocenters. The molecule has 24 heavy (non-hydrogen) atoms. The SMILES string of the molecule is CC(C)CCC(C)(O)CNC(=O)Cc1cc(-c2ccccc2)on1. The second-order valence-corrected chi connectivity index (χ2v) is 6.93. The number of rotatable bonds is 8. The van der Waals surface area contributed by atoms with Crippen LogP contribution in [0.15, 0.2) is 40.9 Å². The van der Waals surface area contributed by atoms with Gasteiger partial charge < -0.3 is 14.9 Å². The molecule has 0 saturated carbocycles. The molecule has 130 valence electrons. The zero-order valence-corrected chi connectivity index (χ0v) is 14.6. The molecule has 0 aliphatic rings. The molecule has 2 rings (SSSR count). The van der Waals surface area contributed by atoms with Crippen LogP contribution in [0.3, 0.4) is 0 Å². The number of nitrogens with zero attached hydrogens (tertiary/aromatic N) is 1. The lowest BCUT2D eigenvalue weighted by Crippen LogP contribution is -2.41. The Morgan fingerprint density at radius 3 is 2.71 bits per heavy atom. The number of carbonyl (C=O) groups excluding carboxylic acids is 1. The van der Waals surface area contributed by atoms with Gasteiger partial charge in [0.25, 0.3) is 0 Å². The Hall–Kier alpha value is -2.14. The molecule has 0 aliphatic carbocycles. The van der Waals surface area contributed by atoms with E-state index in [0.717, 1.165) is 12.0 Å². The Labute approximate surface area is 143 Å². The number of amides is 1. The fourth-order valence-corrected chi connectivity index (χ4v) is 2.34. The predicted molar refractivity (Wildman–Crippen MR) is 93.3 cm³/mol. The van der Waals surface area contributed by atoms with Crippen LogP contribution in [-0.2, 0) is 11.2 Å². The number of aliphatic hydroxyl groups is 1. The third-order valence-corrected chi connectivity index (χ3v) is 3.89. The molecule has 1 aromatic carbocycles. The van der Waals surface area contributed by atoms with E-state index in [1.807, 2.05) is 30.3 Å². The summed E-state index contributed by atoms with van der Waals surface area (Å²) >= 11 is 0. The minimum absolute atomic E-state index is 0.136. The Bertz CT molecular complexity index is 648. The second-order valence-electron chi connectivity index (χ2n) is 6.93. The van der Waals surface area contributed by atoms with Crippen molar-refractivity contribution in [2.45, 2.75) is 45.6 Å². The molecule has 5 nitrogen and oxygen atoms in total. The quantitative estimate of drug-likeness (QED) is 0.779. The first-order valence-corrected chi connectivity index (χ1v) is 8.36. The third kappa shape index (κ3) is 5.81. The van der Waals surface area contributed by atoms with Gasteiger partial charge in [0.1, 0.15) is 0 Å². The van der Waals surface area contributed by atoms with Gasteiger partial charge in [-0.3, -0.25) is 4.79 Å². The van der Waals surface area contributed by atoms with Crippen molar-refractivity contribution in [3.8, 4) is 11.3 Å². The van der Waals surface area contributed by atoms with E-state index < -0.39 is 5.60 Å². The highest BCUT2D eigenvalue weighted by Crippen LogP contribution is 2.20. The topological polar surface area (TPSA) is 75.4 Å². The Morgan fingerprint density at radius 2 is 2.04 bits per heavy atom. The van der Waals surface area contributed by atoms with Crippen LogP contribution in [0.5, 0.6) is 0 Å². The van der Waals surface area contributed by atoms with E-state index in [1.54, 1.807) is 13.0 Å². The van der Waals surface area contributed by atoms with Gasteiger partial charge in [0.2, 0.25) is 5.91 Å². The summed E-state index contributed by atoms with van der Waals surface area (Å²) in [6.45, 7) is 6.22. The van der Waals surface area contributed by atoms with E-state index in [2.05, 4.69) is 24.3 Å². The van der Waals surface area contributed by atoms with Gasteiger partial charge in [0.15, 0.2) is 5.76 Å². The molecule has 2 N–H and O–H groups in total. The van der Waals surface area contributed by atoms with Gasteiger partial charge in [0.05, 0.1) is 17.7 Å². The van der Waals surface area contributed by atoms with E-state index in [9.17, 15) is 9.90 Å². The Morgan fingerprint density at radius 1 is 1.33 bits per heavy atom. The van der Waals surface area contributed by atoms with Crippen molar-refractivity contribution in [2.75, 3.05) is 6.54 Å². The normalized spacial score (nSPS) is 13.7. The van der Waals surface area contributed by atoms with Crippen LogP contribution in [-0.4, -0.2) is 28.3 Å². The molecular formula is C19H26N2O3. The summed E-state index contributed by atoms with van der Waals surface area (Å²) in [5.74, 6) is 0.994. The highest BCUT2D eigenvalue weighted by Gasteiger charge is 2.21. The maximum atomic E-state index is 12.0. The van der Waals surface area contributed by atoms with Crippen molar-refractivity contribution >= 4 is 5.91 Å². The Kier molecular flexibility index (Phi) is 6.15. The number of carbonyl (C=O) groups is 1. The molecule has 1 aromatic heterocycles. The van der Waals surface area contributed by atoms with Crippen LogP contribution in [0.2, 0.25) is 0 Å². The van der Waals surface area contributed by atoms with Crippen LogP contribution < -0.4 is 5.32 Å². The van der Waals surface area contributed by atoms with Crippen LogP contribution in [0, 0.1) is 5.92 Å². The molecule has 5 heteroatoms. The van der Waals surface area contributed by atoms with Crippen molar-refractivity contribution < 1.29 is 14.4 Å². The zero-order chi connectivity index (χ0) is 17.6. The minimum atomic E-state index is -0.890. The third-order valence-electron chi connectivity index (χ3n) is 3.89. The highest BCUT2D eigenvalue weighted by atomic mass is 16.5. The summed E-state index contributed by atoms with van der Waals surface area (Å²) in [4.78, 5) is 12.0. The molecule has 1 atom stereocenters. The molecule has 1 heterocycles. The zero-order valence-electron chi connectivity index (χ0n) is 14.6. The maximum Gasteiger partial charge on any atom is 0.226 e. The first-order chi connectivity index (χ1) is 11.4. The molecule has 0 spiro atoms. The van der Waals surface area contributed by atoms with Crippen molar-refractivity contribution in [3.05, 3.63) is 42.1 Å². The van der Waals surface area contributed by atoms with Crippen molar-refractivity contribution in [1.82, 2.24) is 10.5 Å². The first-order valence-electron chi connectivity index (χ1n) is 8.36. The van der Waals surface area contributed by atoms with E-state index in [4.69, 9.17) is 4.52 Å². The maximum absolute atomic E-state index is 12.0. The van der Waals surface area contributed by atoms with Gasteiger partial charge in [-0.25, -0.2) is 0 Å². The highest BCUT2D eigenvalue weighted by molar-refractivity contribution is 5.78. The molecule has 0 saturated heterocycles. The molecule has 2 aromatic rings. The predicted octanol–water partition coefficient (Wildman–Crippen LogP) is 3.19. The summed E-state index contributed by atoms with van der Waals surface area (Å²) in [5.41, 5.74) is 0.611. The fraction of sp³-hybridized carbons (Fsp3) is 0.474. The smallest absolute Gasteiger partial charge is 0.226 e. The molecule has 0 aliphatic heterocycles. The van der Waals surface area contributed by atoms with Gasteiger partial charge in [-0.2, -0.15) is 0 Å². The van der Waals surface area contributed by atoms with Crippen molar-refractivity contribution in [1.29, 1.82) is 0 Å². The van der Waals surface area contributed by atoms with E-state index in [-0.39, 0.29) is 18.9 Å². The summed E-state index contributed by atoms with van der Waals surface area (Å²) in [6.07, 6.45) is 1.72. The van der Waals surface area contributed by atoms with Gasteiger partial charge >= 0.3 is 0 Å². The largest absolute Gasteiger partial charge is 0.388 e. The summed E-state index contributed by atoms with van der Waals surface area (Å²) < 4.78 is 5.28. The van der Waals surface area contributed by atoms with E-state index >= 15 is 0 Å². The number of benzene rings is 1. The van der Waals surface area contributed by atoms with Crippen LogP contribution in [0.1, 0.15) is 39.3 Å². The first kappa shape index (κ1) is 18.2. The fourth-order valence-electron chi connectivity index (χ4n) is 2.34. The average molecular weight is 330 g/mol. The Balaban J connectivity index is 1.84. The van der Waals surface area contributed by atoms with E-state index in [1.165, 1.54) is 0 Å². The van der Waals surface area contributed by atoms with Crippen molar-refractivity contribution in [2.24, 2.45) is 5.92 Å². The molecule has 0 fully saturated rings. The average Bonchev–Trinajstić information content (AvgIpc) is 3.01. The van der Waals surface area contributed by atoms with Gasteiger partial charge in [-0.1, -0.05) is 49.3 Å². The van der Waals surface area contributed by atoms with Gasteiger partial charge in [-0.15, -0.1) is 0 Å². The van der Waals surface area contributed by atoms with Crippen molar-refractivity contribution in [3.63, 3.8) is 0 Å². The summed E-state index contributed by atoms with van der Waals surface area (Å²) in [5, 5.41) is 17.0. The minimum Gasteiger partial charge on any atom is -0.388 e. The lowest BCUT2D eigenvalue weighted by Gasteiger charge is -2.24. The van der Waals surface area contributed by atoms with Crippen LogP contribution in [0.25, 0.3) is 11.3 Å². The lowest BCUT2D eigenvalue weighted by molar-refractivity contribution is -0.121. The lowest BCUT2D eigenvalue weighted by atomic mass is 9.95. The van der Waals surface area contributed by atoms with E-state index in [0.29, 0.717) is 23.8 Å². The van der Waals surface area contributed by atoms with Crippen LogP contribution in [0.4, 0.5) is 0 Å². The molecule has 0 radical (unpaired) electrons. The summed E-state index contributed by atoms with van der Waals surface area (Å²) in [6, 6.07) is 11.4. The second kappa shape index (κ2) is 8.11. The van der Waals surface area contributed by atoms with Gasteiger partial charge in [0, 0.05) is 18.2 Å². The molecule has 0 bridgehead atoms. The number of nitrogens with one attached hydrogen (secondary N) is 1. The standard InChI is InChI=1S/C19H26N2O3/c1-14(2)9-10-19(3,23)13-20-18(22)12-16-11-17(24-21-16)15-7-5-4-6-8-15/h4-8,11,14,23H,9-10,12-13H2,1-3H3,(H,20,22). The number of aromatic nitrogens is 1. The van der Waals surface area contributed by atoms with Gasteiger partial charge in [-0.05, 0) is 25.7 Å².